The number of nitrogens with zero attached hydrogens (tertiary/aromatic N) is 1. The number of rotatable bonds is 6. The maximum absolute atomic E-state index is 13.0. The number of phenols is 1. The molecule has 0 aliphatic carbocycles. The molecule has 29 heavy (non-hydrogen) atoms. The van der Waals surface area contributed by atoms with Crippen LogP contribution in [0, 0.1) is 3.57 Å². The molecule has 0 spiro atoms. The predicted molar refractivity (Wildman–Crippen MR) is 119 cm³/mol. The smallest absolute Gasteiger partial charge is 0.281 e. The molecule has 0 aliphatic heterocycles. The zero-order chi connectivity index (χ0) is 20.9. The fourth-order valence-corrected chi connectivity index (χ4v) is 3.50. The topological polar surface area (TPSA) is 91.2 Å². The first kappa shape index (κ1) is 20.8. The van der Waals surface area contributed by atoms with Crippen molar-refractivity contribution in [2.24, 2.45) is 5.10 Å². The minimum atomic E-state index is -1.93. The molecule has 0 aromatic heterocycles. The molecule has 0 bridgehead atoms. The first-order chi connectivity index (χ1) is 14.0. The van der Waals surface area contributed by atoms with Gasteiger partial charge in [0.2, 0.25) is 0 Å². The van der Waals surface area contributed by atoms with Crippen LogP contribution in [0.3, 0.4) is 0 Å². The second kappa shape index (κ2) is 9.06. The highest BCUT2D eigenvalue weighted by atomic mass is 127. The van der Waals surface area contributed by atoms with E-state index in [1.165, 1.54) is 13.3 Å². The normalized spacial score (nSPS) is 11.4. The van der Waals surface area contributed by atoms with Crippen LogP contribution in [0.1, 0.15) is 16.7 Å². The number of hydrogen-bond acceptors (Lipinski definition) is 5. The van der Waals surface area contributed by atoms with Gasteiger partial charge in [-0.05, 0) is 45.9 Å². The van der Waals surface area contributed by atoms with Gasteiger partial charge in [0.15, 0.2) is 17.1 Å². The third-order valence-corrected chi connectivity index (χ3v) is 4.99. The maximum Gasteiger partial charge on any atom is 0.281 e. The van der Waals surface area contributed by atoms with Crippen LogP contribution >= 0.6 is 22.6 Å². The summed E-state index contributed by atoms with van der Waals surface area (Å²) in [6.07, 6.45) is 1.30. The van der Waals surface area contributed by atoms with Gasteiger partial charge in [-0.15, -0.1) is 0 Å². The molecule has 0 saturated carbocycles. The lowest BCUT2D eigenvalue weighted by molar-refractivity contribution is -0.136. The molecule has 3 aromatic rings. The lowest BCUT2D eigenvalue weighted by atomic mass is 9.85. The summed E-state index contributed by atoms with van der Waals surface area (Å²) in [5.74, 6) is -0.509. The molecule has 148 valence electrons. The van der Waals surface area contributed by atoms with Gasteiger partial charge in [-0.3, -0.25) is 4.79 Å². The fraction of sp³-hybridized carbons (Fsp3) is 0.0909. The summed E-state index contributed by atoms with van der Waals surface area (Å²) in [7, 11) is 1.45. The van der Waals surface area contributed by atoms with E-state index in [9.17, 15) is 15.0 Å². The number of amides is 1. The average Bonchev–Trinajstić information content (AvgIpc) is 2.76. The Hall–Kier alpha value is -2.91. The monoisotopic (exact) mass is 502 g/mol. The zero-order valence-corrected chi connectivity index (χ0v) is 17.7. The van der Waals surface area contributed by atoms with E-state index in [0.717, 1.165) is 3.57 Å². The van der Waals surface area contributed by atoms with E-state index in [-0.39, 0.29) is 5.75 Å². The molecule has 3 aromatic carbocycles. The van der Waals surface area contributed by atoms with Gasteiger partial charge in [0.05, 0.1) is 13.3 Å². The molecular weight excluding hydrogens is 483 g/mol. The minimum Gasteiger partial charge on any atom is -0.504 e. The SMILES string of the molecule is COc1cc(I)cc(/C=N\NC(=O)C(O)(c2ccccc2)c2ccccc2)c1O. The van der Waals surface area contributed by atoms with Gasteiger partial charge < -0.3 is 14.9 Å². The van der Waals surface area contributed by atoms with Crippen LogP contribution in [-0.4, -0.2) is 29.4 Å². The zero-order valence-electron chi connectivity index (χ0n) is 15.5. The largest absolute Gasteiger partial charge is 0.504 e. The number of benzene rings is 3. The van der Waals surface area contributed by atoms with Crippen molar-refractivity contribution >= 4 is 34.7 Å². The van der Waals surface area contributed by atoms with Crippen LogP contribution in [0.5, 0.6) is 11.5 Å². The van der Waals surface area contributed by atoms with Gasteiger partial charge in [0, 0.05) is 9.13 Å². The molecule has 0 unspecified atom stereocenters. The van der Waals surface area contributed by atoms with Crippen molar-refractivity contribution in [1.82, 2.24) is 5.43 Å². The Morgan fingerprint density at radius 3 is 2.14 bits per heavy atom. The number of ether oxygens (including phenoxy) is 1. The molecule has 3 rings (SSSR count). The quantitative estimate of drug-likeness (QED) is 0.274. The average molecular weight is 502 g/mol. The highest BCUT2D eigenvalue weighted by molar-refractivity contribution is 14.1. The number of aliphatic hydroxyl groups is 1. The van der Waals surface area contributed by atoms with Crippen LogP contribution in [0.4, 0.5) is 0 Å². The van der Waals surface area contributed by atoms with Crippen LogP contribution in [-0.2, 0) is 10.4 Å². The van der Waals surface area contributed by atoms with Crippen molar-refractivity contribution in [2.75, 3.05) is 7.11 Å². The van der Waals surface area contributed by atoms with Crippen molar-refractivity contribution in [3.05, 3.63) is 93.1 Å². The summed E-state index contributed by atoms with van der Waals surface area (Å²) >= 11 is 2.08. The minimum absolute atomic E-state index is 0.0905. The third kappa shape index (κ3) is 4.41. The first-order valence-corrected chi connectivity index (χ1v) is 9.78. The molecule has 0 fully saturated rings. The van der Waals surface area contributed by atoms with Crippen molar-refractivity contribution in [2.45, 2.75) is 5.60 Å². The van der Waals surface area contributed by atoms with Gasteiger partial charge in [-0.1, -0.05) is 60.7 Å². The lowest BCUT2D eigenvalue weighted by Gasteiger charge is -2.27. The van der Waals surface area contributed by atoms with Crippen LogP contribution in [0.15, 0.2) is 77.9 Å². The number of phenolic OH excluding ortho intramolecular Hbond substituents is 1. The molecule has 0 aliphatic rings. The van der Waals surface area contributed by atoms with Crippen LogP contribution in [0.2, 0.25) is 0 Å². The Labute approximate surface area is 182 Å². The van der Waals surface area contributed by atoms with Gasteiger partial charge in [0.1, 0.15) is 0 Å². The Morgan fingerprint density at radius 2 is 1.62 bits per heavy atom. The van der Waals surface area contributed by atoms with Gasteiger partial charge in [-0.2, -0.15) is 5.10 Å². The standard InChI is InChI=1S/C22H19IN2O4/c1-29-19-13-18(23)12-15(20(19)26)14-24-25-21(27)22(28,16-8-4-2-5-9-16)17-10-6-3-7-11-17/h2-14,26,28H,1H3,(H,25,27)/b24-14-. The molecular formula is C22H19IN2O4. The number of aromatic hydroxyl groups is 1. The Bertz CT molecular complexity index is 984. The van der Waals surface area contributed by atoms with Crippen molar-refractivity contribution in [3.63, 3.8) is 0 Å². The second-order valence-corrected chi connectivity index (χ2v) is 7.43. The molecule has 6 nitrogen and oxygen atoms in total. The number of hydrogen-bond donors (Lipinski definition) is 3. The number of nitrogens with one attached hydrogen (secondary N) is 1. The van der Waals surface area contributed by atoms with Gasteiger partial charge >= 0.3 is 0 Å². The van der Waals surface area contributed by atoms with E-state index in [2.05, 4.69) is 33.1 Å². The van der Waals surface area contributed by atoms with Crippen molar-refractivity contribution in [1.29, 1.82) is 0 Å². The molecule has 0 atom stereocenters. The Morgan fingerprint density at radius 1 is 1.07 bits per heavy atom. The van der Waals surface area contributed by atoms with Crippen molar-refractivity contribution < 1.29 is 19.7 Å². The van der Waals surface area contributed by atoms with Gasteiger partial charge in [0.25, 0.3) is 5.91 Å². The first-order valence-electron chi connectivity index (χ1n) is 8.70. The van der Waals surface area contributed by atoms with Gasteiger partial charge in [-0.25, -0.2) is 5.43 Å². The Balaban J connectivity index is 1.91. The van der Waals surface area contributed by atoms with E-state index in [4.69, 9.17) is 4.74 Å². The summed E-state index contributed by atoms with van der Waals surface area (Å²) in [4.78, 5) is 13.0. The number of hydrazone groups is 1. The summed E-state index contributed by atoms with van der Waals surface area (Å²) in [6, 6.07) is 20.6. The van der Waals surface area contributed by atoms with Crippen LogP contribution in [0.25, 0.3) is 0 Å². The van der Waals surface area contributed by atoms with Crippen LogP contribution < -0.4 is 10.2 Å². The number of methoxy groups -OCH3 is 1. The molecule has 3 N–H and O–H groups in total. The highest BCUT2D eigenvalue weighted by Gasteiger charge is 2.39. The second-order valence-electron chi connectivity index (χ2n) is 6.19. The highest BCUT2D eigenvalue weighted by Crippen LogP contribution is 2.31. The number of carbonyl (C=O) groups excluding carboxylic acids is 1. The fourth-order valence-electron chi connectivity index (χ4n) is 2.88. The summed E-state index contributed by atoms with van der Waals surface area (Å²) in [5.41, 5.74) is 1.65. The summed E-state index contributed by atoms with van der Waals surface area (Å²) in [6.45, 7) is 0. The molecule has 1 amide bonds. The van der Waals surface area contributed by atoms with Crippen molar-refractivity contribution in [3.8, 4) is 11.5 Å². The number of carbonyl (C=O) groups is 1. The van der Waals surface area contributed by atoms with E-state index in [1.807, 2.05) is 0 Å². The third-order valence-electron chi connectivity index (χ3n) is 4.37. The van der Waals surface area contributed by atoms with E-state index in [0.29, 0.717) is 22.4 Å². The maximum atomic E-state index is 13.0. The Kier molecular flexibility index (Phi) is 6.50. The lowest BCUT2D eigenvalue weighted by Crippen LogP contribution is -2.43. The number of halogens is 1. The molecule has 7 heteroatoms. The van der Waals surface area contributed by atoms with E-state index < -0.39 is 11.5 Å². The summed E-state index contributed by atoms with van der Waals surface area (Å²) in [5, 5.41) is 25.5. The summed E-state index contributed by atoms with van der Waals surface area (Å²) < 4.78 is 5.95. The molecule has 0 heterocycles. The predicted octanol–water partition coefficient (Wildman–Crippen LogP) is 3.39. The molecule has 0 radical (unpaired) electrons. The van der Waals surface area contributed by atoms with E-state index >= 15 is 0 Å². The molecule has 0 saturated heterocycles. The van der Waals surface area contributed by atoms with E-state index in [1.54, 1.807) is 72.8 Å².